The van der Waals surface area contributed by atoms with Crippen molar-refractivity contribution in [2.75, 3.05) is 0 Å². The minimum Gasteiger partial charge on any atom is -0.0626 e. The zero-order chi connectivity index (χ0) is 9.42. The largest absolute Gasteiger partial charge is 0.0626 e. The second kappa shape index (κ2) is 3.30. The van der Waals surface area contributed by atoms with Crippen molar-refractivity contribution < 1.29 is 0 Å². The zero-order valence-electron chi connectivity index (χ0n) is 7.97. The summed E-state index contributed by atoms with van der Waals surface area (Å²) in [4.78, 5) is 0. The van der Waals surface area contributed by atoms with E-state index in [1.54, 1.807) is 5.57 Å². The van der Waals surface area contributed by atoms with Crippen LogP contribution < -0.4 is 0 Å². The normalized spacial score (nSPS) is 14.6. The molecular weight excluding hydrogens is 224 g/mol. The molecule has 1 aliphatic rings. The van der Waals surface area contributed by atoms with E-state index in [1.807, 2.05) is 0 Å². The summed E-state index contributed by atoms with van der Waals surface area (Å²) in [5, 5.41) is 0. The third-order valence-corrected chi connectivity index (χ3v) is 3.30. The average Bonchev–Trinajstić information content (AvgIpc) is 2.49. The van der Waals surface area contributed by atoms with Crippen LogP contribution in [0.2, 0.25) is 0 Å². The average molecular weight is 237 g/mol. The molecule has 0 radical (unpaired) electrons. The predicted molar refractivity (Wildman–Crippen MR) is 60.7 cm³/mol. The summed E-state index contributed by atoms with van der Waals surface area (Å²) >= 11 is 3.58. The van der Waals surface area contributed by atoms with Gasteiger partial charge in [-0.3, -0.25) is 0 Å². The molecule has 0 N–H and O–H groups in total. The van der Waals surface area contributed by atoms with E-state index in [0.29, 0.717) is 5.92 Å². The van der Waals surface area contributed by atoms with Crippen molar-refractivity contribution in [3.05, 3.63) is 39.4 Å². The second-order valence-electron chi connectivity index (χ2n) is 3.86. The number of allylic oxidation sites excluding steroid dienone is 1. The summed E-state index contributed by atoms with van der Waals surface area (Å²) in [5.41, 5.74) is 4.38. The third kappa shape index (κ3) is 1.58. The molecule has 0 heterocycles. The smallest absolute Gasteiger partial charge is 0.0250 e. The lowest BCUT2D eigenvalue weighted by molar-refractivity contribution is 0.754. The Bertz CT molecular complexity index is 361. The topological polar surface area (TPSA) is 0 Å². The SMILES string of the molecule is CC(C)C1=Cc2c(Br)cccc2C1. The Hall–Kier alpha value is -0.560. The molecule has 1 heteroatoms. The van der Waals surface area contributed by atoms with E-state index in [1.165, 1.54) is 15.6 Å². The quantitative estimate of drug-likeness (QED) is 0.691. The predicted octanol–water partition coefficient (Wildman–Crippen LogP) is 4.04. The van der Waals surface area contributed by atoms with Crippen LogP contribution in [-0.4, -0.2) is 0 Å². The fourth-order valence-electron chi connectivity index (χ4n) is 1.72. The van der Waals surface area contributed by atoms with Crippen LogP contribution in [0.3, 0.4) is 0 Å². The van der Waals surface area contributed by atoms with Crippen LogP contribution >= 0.6 is 15.9 Å². The highest BCUT2D eigenvalue weighted by Gasteiger charge is 2.16. The van der Waals surface area contributed by atoms with Crippen LogP contribution in [0.1, 0.15) is 25.0 Å². The van der Waals surface area contributed by atoms with E-state index in [4.69, 9.17) is 0 Å². The molecule has 0 aromatic heterocycles. The van der Waals surface area contributed by atoms with Crippen molar-refractivity contribution in [2.45, 2.75) is 20.3 Å². The van der Waals surface area contributed by atoms with Gasteiger partial charge in [-0.25, -0.2) is 0 Å². The van der Waals surface area contributed by atoms with E-state index < -0.39 is 0 Å². The molecule has 0 atom stereocenters. The van der Waals surface area contributed by atoms with Crippen LogP contribution in [0, 0.1) is 5.92 Å². The van der Waals surface area contributed by atoms with Gasteiger partial charge in [0.05, 0.1) is 0 Å². The van der Waals surface area contributed by atoms with Gasteiger partial charge in [0.1, 0.15) is 0 Å². The van der Waals surface area contributed by atoms with E-state index in [9.17, 15) is 0 Å². The van der Waals surface area contributed by atoms with Crippen LogP contribution in [0.25, 0.3) is 6.08 Å². The van der Waals surface area contributed by atoms with E-state index in [2.05, 4.69) is 54.1 Å². The molecule has 0 saturated heterocycles. The number of fused-ring (bicyclic) bond motifs is 1. The minimum absolute atomic E-state index is 0.666. The summed E-state index contributed by atoms with van der Waals surface area (Å²) in [6.07, 6.45) is 3.45. The first kappa shape index (κ1) is 9.01. The molecule has 0 saturated carbocycles. The molecule has 0 aliphatic heterocycles. The Labute approximate surface area is 87.8 Å². The molecule has 0 unspecified atom stereocenters. The second-order valence-corrected chi connectivity index (χ2v) is 4.72. The lowest BCUT2D eigenvalue weighted by Gasteiger charge is -2.04. The maximum Gasteiger partial charge on any atom is 0.0250 e. The van der Waals surface area contributed by atoms with E-state index in [0.717, 1.165) is 6.42 Å². The van der Waals surface area contributed by atoms with Crippen molar-refractivity contribution in [3.63, 3.8) is 0 Å². The number of halogens is 1. The molecule has 1 aromatic carbocycles. The Morgan fingerprint density at radius 2 is 2.08 bits per heavy atom. The lowest BCUT2D eigenvalue weighted by atomic mass is 10.0. The lowest BCUT2D eigenvalue weighted by Crippen LogP contribution is -1.92. The van der Waals surface area contributed by atoms with Gasteiger partial charge in [-0.1, -0.05) is 53.6 Å². The molecule has 2 rings (SSSR count). The number of hydrogen-bond acceptors (Lipinski definition) is 0. The Morgan fingerprint density at radius 1 is 1.31 bits per heavy atom. The molecule has 13 heavy (non-hydrogen) atoms. The van der Waals surface area contributed by atoms with Gasteiger partial charge < -0.3 is 0 Å². The zero-order valence-corrected chi connectivity index (χ0v) is 9.56. The fraction of sp³-hybridized carbons (Fsp3) is 0.333. The van der Waals surface area contributed by atoms with Gasteiger partial charge in [-0.05, 0) is 29.5 Å². The standard InChI is InChI=1S/C12H13Br/c1-8(2)10-6-9-4-3-5-12(13)11(9)7-10/h3-5,7-8H,6H2,1-2H3. The summed E-state index contributed by atoms with van der Waals surface area (Å²) in [6.45, 7) is 4.51. The first-order valence-corrected chi connectivity index (χ1v) is 5.45. The molecule has 1 aromatic rings. The van der Waals surface area contributed by atoms with Crippen molar-refractivity contribution in [1.29, 1.82) is 0 Å². The fourth-order valence-corrected chi connectivity index (χ4v) is 2.25. The monoisotopic (exact) mass is 236 g/mol. The van der Waals surface area contributed by atoms with Crippen molar-refractivity contribution in [2.24, 2.45) is 5.92 Å². The van der Waals surface area contributed by atoms with Gasteiger partial charge in [-0.2, -0.15) is 0 Å². The van der Waals surface area contributed by atoms with E-state index in [-0.39, 0.29) is 0 Å². The summed E-state index contributed by atoms with van der Waals surface area (Å²) in [7, 11) is 0. The summed E-state index contributed by atoms with van der Waals surface area (Å²) in [6, 6.07) is 6.44. The van der Waals surface area contributed by atoms with Gasteiger partial charge in [0.15, 0.2) is 0 Å². The highest BCUT2D eigenvalue weighted by atomic mass is 79.9. The highest BCUT2D eigenvalue weighted by molar-refractivity contribution is 9.10. The van der Waals surface area contributed by atoms with Gasteiger partial charge in [0.25, 0.3) is 0 Å². The van der Waals surface area contributed by atoms with Crippen LogP contribution in [-0.2, 0) is 6.42 Å². The molecule has 68 valence electrons. The van der Waals surface area contributed by atoms with Gasteiger partial charge in [-0.15, -0.1) is 0 Å². The molecule has 0 amide bonds. The van der Waals surface area contributed by atoms with Crippen molar-refractivity contribution in [3.8, 4) is 0 Å². The molecule has 1 aliphatic carbocycles. The van der Waals surface area contributed by atoms with E-state index >= 15 is 0 Å². The highest BCUT2D eigenvalue weighted by Crippen LogP contribution is 2.33. The third-order valence-electron chi connectivity index (χ3n) is 2.61. The minimum atomic E-state index is 0.666. The molecule has 0 bridgehead atoms. The first-order valence-electron chi connectivity index (χ1n) is 4.66. The van der Waals surface area contributed by atoms with Gasteiger partial charge >= 0.3 is 0 Å². The summed E-state index contributed by atoms with van der Waals surface area (Å²) in [5.74, 6) is 0.666. The Morgan fingerprint density at radius 3 is 2.69 bits per heavy atom. The van der Waals surface area contributed by atoms with Crippen LogP contribution in [0.4, 0.5) is 0 Å². The molecule has 0 fully saturated rings. The van der Waals surface area contributed by atoms with Crippen LogP contribution in [0.15, 0.2) is 28.2 Å². The van der Waals surface area contributed by atoms with Gasteiger partial charge in [0, 0.05) is 4.47 Å². The Kier molecular flexibility index (Phi) is 2.29. The molecule has 0 spiro atoms. The number of rotatable bonds is 1. The first-order chi connectivity index (χ1) is 6.18. The number of hydrogen-bond donors (Lipinski definition) is 0. The van der Waals surface area contributed by atoms with Crippen LogP contribution in [0.5, 0.6) is 0 Å². The summed E-state index contributed by atoms with van der Waals surface area (Å²) < 4.78 is 1.22. The molecule has 0 nitrogen and oxygen atoms in total. The Balaban J connectivity index is 2.43. The maximum absolute atomic E-state index is 3.58. The maximum atomic E-state index is 3.58. The number of benzene rings is 1. The van der Waals surface area contributed by atoms with Gasteiger partial charge in [0.2, 0.25) is 0 Å². The molecular formula is C12H13Br. The van der Waals surface area contributed by atoms with Crippen molar-refractivity contribution in [1.82, 2.24) is 0 Å². The van der Waals surface area contributed by atoms with Crippen molar-refractivity contribution >= 4 is 22.0 Å².